The number of nitriles is 1. The lowest BCUT2D eigenvalue weighted by Gasteiger charge is -2.31. The topological polar surface area (TPSA) is 56.5 Å². The van der Waals surface area contributed by atoms with Crippen LogP contribution in [0.15, 0.2) is 18.2 Å². The summed E-state index contributed by atoms with van der Waals surface area (Å²) in [6, 6.07) is 8.23. The highest BCUT2D eigenvalue weighted by molar-refractivity contribution is 5.32. The lowest BCUT2D eigenvalue weighted by Crippen LogP contribution is -2.43. The minimum Gasteiger partial charge on any atom is -0.387 e. The van der Waals surface area contributed by atoms with Crippen molar-refractivity contribution in [3.8, 4) is 6.07 Å². The van der Waals surface area contributed by atoms with Gasteiger partial charge in [-0.15, -0.1) is 0 Å². The second-order valence-electron chi connectivity index (χ2n) is 5.12. The van der Waals surface area contributed by atoms with E-state index in [0.29, 0.717) is 19.7 Å². The Morgan fingerprint density at radius 1 is 1.53 bits per heavy atom. The molecular weight excluding hydrogens is 240 g/mol. The normalized spacial score (nSPS) is 21.9. The number of hydrogen-bond donors (Lipinski definition) is 1. The summed E-state index contributed by atoms with van der Waals surface area (Å²) in [5.74, 6) is 0. The summed E-state index contributed by atoms with van der Waals surface area (Å²) in [5, 5.41) is 19.2. The van der Waals surface area contributed by atoms with E-state index in [0.717, 1.165) is 23.2 Å². The quantitative estimate of drug-likeness (QED) is 0.896. The van der Waals surface area contributed by atoms with Gasteiger partial charge in [-0.3, -0.25) is 4.90 Å². The van der Waals surface area contributed by atoms with E-state index in [-0.39, 0.29) is 6.10 Å². The van der Waals surface area contributed by atoms with E-state index < -0.39 is 6.10 Å². The van der Waals surface area contributed by atoms with Crippen LogP contribution >= 0.6 is 0 Å². The third-order valence-corrected chi connectivity index (χ3v) is 3.52. The molecule has 0 aliphatic carbocycles. The number of benzene rings is 1. The van der Waals surface area contributed by atoms with E-state index in [1.165, 1.54) is 0 Å². The van der Waals surface area contributed by atoms with E-state index >= 15 is 0 Å². The Morgan fingerprint density at radius 2 is 2.32 bits per heavy atom. The standard InChI is InChI=1S/C15H20N2O2/c1-11-3-4-12(2)14(7-11)15(18)10-17-5-6-19-13(8-16)9-17/h3-4,7,13,15,18H,5-6,9-10H2,1-2H3/t13-,15+/m0/s1. The zero-order valence-electron chi connectivity index (χ0n) is 11.5. The predicted octanol–water partition coefficient (Wildman–Crippen LogP) is 1.56. The summed E-state index contributed by atoms with van der Waals surface area (Å²) in [7, 11) is 0. The summed E-state index contributed by atoms with van der Waals surface area (Å²) in [6.07, 6.45) is -0.892. The fraction of sp³-hybridized carbons (Fsp3) is 0.533. The molecule has 102 valence electrons. The molecule has 19 heavy (non-hydrogen) atoms. The smallest absolute Gasteiger partial charge is 0.156 e. The molecule has 0 amide bonds. The number of rotatable bonds is 3. The van der Waals surface area contributed by atoms with Crippen LogP contribution in [0.4, 0.5) is 0 Å². The van der Waals surface area contributed by atoms with Crippen LogP contribution in [0.1, 0.15) is 22.8 Å². The molecule has 2 atom stereocenters. The van der Waals surface area contributed by atoms with Crippen molar-refractivity contribution in [2.75, 3.05) is 26.2 Å². The van der Waals surface area contributed by atoms with Gasteiger partial charge in [0, 0.05) is 19.6 Å². The Balaban J connectivity index is 2.02. The first-order chi connectivity index (χ1) is 9.10. The third-order valence-electron chi connectivity index (χ3n) is 3.52. The first kappa shape index (κ1) is 14.0. The predicted molar refractivity (Wildman–Crippen MR) is 72.7 cm³/mol. The lowest BCUT2D eigenvalue weighted by molar-refractivity contribution is -0.0160. The number of aliphatic hydroxyl groups is 1. The molecule has 1 aliphatic heterocycles. The van der Waals surface area contributed by atoms with Crippen LogP contribution in [0.2, 0.25) is 0 Å². The van der Waals surface area contributed by atoms with Crippen molar-refractivity contribution >= 4 is 0 Å². The Morgan fingerprint density at radius 3 is 3.05 bits per heavy atom. The molecule has 1 aromatic carbocycles. The third kappa shape index (κ3) is 3.54. The van der Waals surface area contributed by atoms with Gasteiger partial charge in [0.15, 0.2) is 6.10 Å². The lowest BCUT2D eigenvalue weighted by atomic mass is 10.0. The van der Waals surface area contributed by atoms with Gasteiger partial charge in [0.1, 0.15) is 0 Å². The number of aliphatic hydroxyl groups excluding tert-OH is 1. The van der Waals surface area contributed by atoms with Crippen molar-refractivity contribution in [1.82, 2.24) is 4.90 Å². The molecule has 0 radical (unpaired) electrons. The molecule has 1 saturated heterocycles. The van der Waals surface area contributed by atoms with Crippen molar-refractivity contribution in [2.45, 2.75) is 26.1 Å². The fourth-order valence-electron chi connectivity index (χ4n) is 2.41. The molecule has 1 aliphatic rings. The van der Waals surface area contributed by atoms with Gasteiger partial charge in [-0.2, -0.15) is 5.26 Å². The van der Waals surface area contributed by atoms with Crippen molar-refractivity contribution in [1.29, 1.82) is 5.26 Å². The van der Waals surface area contributed by atoms with Crippen LogP contribution in [0, 0.1) is 25.2 Å². The van der Waals surface area contributed by atoms with Gasteiger partial charge in [0.25, 0.3) is 0 Å². The van der Waals surface area contributed by atoms with E-state index in [4.69, 9.17) is 10.00 Å². The minimum atomic E-state index is -0.516. The number of hydrogen-bond acceptors (Lipinski definition) is 4. The maximum absolute atomic E-state index is 10.4. The van der Waals surface area contributed by atoms with Crippen LogP contribution in [-0.2, 0) is 4.74 Å². The number of ether oxygens (including phenoxy) is 1. The highest BCUT2D eigenvalue weighted by Crippen LogP contribution is 2.21. The van der Waals surface area contributed by atoms with Crippen LogP contribution in [0.3, 0.4) is 0 Å². The molecular formula is C15H20N2O2. The van der Waals surface area contributed by atoms with Gasteiger partial charge in [0.2, 0.25) is 0 Å². The van der Waals surface area contributed by atoms with Gasteiger partial charge < -0.3 is 9.84 Å². The fourth-order valence-corrected chi connectivity index (χ4v) is 2.41. The molecule has 1 fully saturated rings. The molecule has 0 saturated carbocycles. The summed E-state index contributed by atoms with van der Waals surface area (Å²) in [5.41, 5.74) is 3.22. The Kier molecular flexibility index (Phi) is 4.54. The van der Waals surface area contributed by atoms with Crippen LogP contribution in [0.25, 0.3) is 0 Å². The summed E-state index contributed by atoms with van der Waals surface area (Å²) in [4.78, 5) is 2.09. The molecule has 0 aromatic heterocycles. The highest BCUT2D eigenvalue weighted by atomic mass is 16.5. The van der Waals surface area contributed by atoms with Crippen molar-refractivity contribution in [3.05, 3.63) is 34.9 Å². The molecule has 0 spiro atoms. The van der Waals surface area contributed by atoms with Gasteiger partial charge in [0.05, 0.1) is 18.8 Å². The summed E-state index contributed by atoms with van der Waals surface area (Å²) in [6.45, 7) is 6.47. The van der Waals surface area contributed by atoms with Gasteiger partial charge in [-0.25, -0.2) is 0 Å². The number of β-amino-alcohol motifs (C(OH)–C–C–N with tert-alkyl or cyclic N) is 1. The van der Waals surface area contributed by atoms with Gasteiger partial charge in [-0.05, 0) is 25.0 Å². The molecule has 1 heterocycles. The van der Waals surface area contributed by atoms with Crippen molar-refractivity contribution < 1.29 is 9.84 Å². The van der Waals surface area contributed by atoms with Crippen LogP contribution < -0.4 is 0 Å². The van der Waals surface area contributed by atoms with E-state index in [9.17, 15) is 5.11 Å². The molecule has 0 unspecified atom stereocenters. The van der Waals surface area contributed by atoms with Gasteiger partial charge in [-0.1, -0.05) is 23.8 Å². The van der Waals surface area contributed by atoms with Crippen molar-refractivity contribution in [3.63, 3.8) is 0 Å². The monoisotopic (exact) mass is 260 g/mol. The zero-order valence-corrected chi connectivity index (χ0v) is 11.5. The maximum atomic E-state index is 10.4. The second kappa shape index (κ2) is 6.16. The van der Waals surface area contributed by atoms with Crippen LogP contribution in [-0.4, -0.2) is 42.4 Å². The maximum Gasteiger partial charge on any atom is 0.156 e. The average molecular weight is 260 g/mol. The molecule has 4 nitrogen and oxygen atoms in total. The summed E-state index contributed by atoms with van der Waals surface area (Å²) < 4.78 is 5.30. The molecule has 4 heteroatoms. The SMILES string of the molecule is Cc1ccc(C)c([C@H](O)CN2CCO[C@@H](C#N)C2)c1. The molecule has 2 rings (SSSR count). The zero-order chi connectivity index (χ0) is 13.8. The number of aryl methyl sites for hydroxylation is 2. The van der Waals surface area contributed by atoms with Gasteiger partial charge >= 0.3 is 0 Å². The van der Waals surface area contributed by atoms with Crippen molar-refractivity contribution in [2.24, 2.45) is 0 Å². The Labute approximate surface area is 114 Å². The second-order valence-corrected chi connectivity index (χ2v) is 5.12. The first-order valence-corrected chi connectivity index (χ1v) is 6.59. The highest BCUT2D eigenvalue weighted by Gasteiger charge is 2.23. The number of nitrogens with zero attached hydrogens (tertiary/aromatic N) is 2. The molecule has 0 bridgehead atoms. The Bertz CT molecular complexity index is 482. The number of morpholine rings is 1. The van der Waals surface area contributed by atoms with E-state index in [2.05, 4.69) is 11.0 Å². The average Bonchev–Trinajstić information content (AvgIpc) is 2.41. The van der Waals surface area contributed by atoms with Crippen LogP contribution in [0.5, 0.6) is 0 Å². The Hall–Kier alpha value is -1.41. The molecule has 1 N–H and O–H groups in total. The van der Waals surface area contributed by atoms with E-state index in [1.54, 1.807) is 0 Å². The molecule has 1 aromatic rings. The first-order valence-electron chi connectivity index (χ1n) is 6.59. The largest absolute Gasteiger partial charge is 0.387 e. The summed E-state index contributed by atoms with van der Waals surface area (Å²) >= 11 is 0. The minimum absolute atomic E-state index is 0.375. The van der Waals surface area contributed by atoms with E-state index in [1.807, 2.05) is 32.0 Å².